The summed E-state index contributed by atoms with van der Waals surface area (Å²) in [5.74, 6) is -1.63. The van der Waals surface area contributed by atoms with Gasteiger partial charge in [0.25, 0.3) is 5.91 Å². The number of carboxylic acids is 1. The van der Waals surface area contributed by atoms with Crippen molar-refractivity contribution in [2.45, 2.75) is 52.4 Å². The Balaban J connectivity index is 2.21. The zero-order chi connectivity index (χ0) is 21.1. The smallest absolute Gasteiger partial charge is 0.352 e. The number of carboxylic acid groups (broad SMARTS) is 1. The Kier molecular flexibility index (Phi) is 6.13. The molecule has 2 N–H and O–H groups in total. The standard InChI is InChI=1S/C24H29NO3/c1-23(2,3)18-11-7-16(8-12-18)15-20(22(27)28)25-21(26)17-9-13-19(14-10-17)24(4,5)6/h7-15H,1-6H3,(H,25,26)(H,27,28)/b20-15+. The molecule has 0 unspecified atom stereocenters. The van der Waals surface area contributed by atoms with E-state index in [-0.39, 0.29) is 16.5 Å². The molecule has 28 heavy (non-hydrogen) atoms. The largest absolute Gasteiger partial charge is 0.477 e. The molecule has 0 saturated heterocycles. The van der Waals surface area contributed by atoms with Gasteiger partial charge in [0.15, 0.2) is 0 Å². The molecule has 0 atom stereocenters. The van der Waals surface area contributed by atoms with Crippen molar-refractivity contribution >= 4 is 18.0 Å². The number of carbonyl (C=O) groups excluding carboxylic acids is 1. The van der Waals surface area contributed by atoms with Gasteiger partial charge in [-0.05, 0) is 45.7 Å². The summed E-state index contributed by atoms with van der Waals surface area (Å²) >= 11 is 0. The number of benzene rings is 2. The summed E-state index contributed by atoms with van der Waals surface area (Å²) in [5, 5.41) is 12.0. The predicted octanol–water partition coefficient (Wildman–Crippen LogP) is 5.14. The van der Waals surface area contributed by atoms with Crippen molar-refractivity contribution in [2.75, 3.05) is 0 Å². The predicted molar refractivity (Wildman–Crippen MR) is 113 cm³/mol. The number of hydrogen-bond donors (Lipinski definition) is 2. The Bertz CT molecular complexity index is 877. The molecule has 4 nitrogen and oxygen atoms in total. The zero-order valence-electron chi connectivity index (χ0n) is 17.5. The summed E-state index contributed by atoms with van der Waals surface area (Å²) < 4.78 is 0. The van der Waals surface area contributed by atoms with Gasteiger partial charge in [-0.1, -0.05) is 77.9 Å². The molecule has 148 valence electrons. The molecule has 0 bridgehead atoms. The Morgan fingerprint density at radius 2 is 1.21 bits per heavy atom. The van der Waals surface area contributed by atoms with Crippen LogP contribution in [0.3, 0.4) is 0 Å². The first-order chi connectivity index (χ1) is 12.9. The second-order valence-corrected chi connectivity index (χ2v) is 9.02. The highest BCUT2D eigenvalue weighted by atomic mass is 16.4. The third-order valence-corrected chi connectivity index (χ3v) is 4.58. The van der Waals surface area contributed by atoms with Gasteiger partial charge >= 0.3 is 5.97 Å². The van der Waals surface area contributed by atoms with E-state index in [1.165, 1.54) is 6.08 Å². The maximum absolute atomic E-state index is 12.5. The first-order valence-corrected chi connectivity index (χ1v) is 9.35. The molecule has 4 heteroatoms. The molecule has 0 fully saturated rings. The quantitative estimate of drug-likeness (QED) is 0.723. The lowest BCUT2D eigenvalue weighted by Crippen LogP contribution is -2.27. The molecule has 0 aliphatic carbocycles. The van der Waals surface area contributed by atoms with Gasteiger partial charge in [-0.3, -0.25) is 4.79 Å². The number of aliphatic carboxylic acids is 1. The van der Waals surface area contributed by atoms with Crippen LogP contribution in [0.15, 0.2) is 54.2 Å². The second-order valence-electron chi connectivity index (χ2n) is 9.02. The van der Waals surface area contributed by atoms with Crippen LogP contribution in [0.5, 0.6) is 0 Å². The normalized spacial score (nSPS) is 12.6. The van der Waals surface area contributed by atoms with Crippen LogP contribution in [0, 0.1) is 0 Å². The van der Waals surface area contributed by atoms with E-state index in [1.807, 2.05) is 36.4 Å². The fourth-order valence-corrected chi connectivity index (χ4v) is 2.71. The van der Waals surface area contributed by atoms with E-state index in [2.05, 4.69) is 46.9 Å². The molecule has 0 radical (unpaired) electrons. The molecule has 2 aromatic carbocycles. The number of rotatable bonds is 4. The molecular weight excluding hydrogens is 350 g/mol. The van der Waals surface area contributed by atoms with Gasteiger partial charge in [0, 0.05) is 5.56 Å². The molecule has 0 aliphatic rings. The van der Waals surface area contributed by atoms with Crippen LogP contribution >= 0.6 is 0 Å². The number of carbonyl (C=O) groups is 2. The molecule has 0 saturated carbocycles. The van der Waals surface area contributed by atoms with Crippen LogP contribution in [0.25, 0.3) is 6.08 Å². The van der Waals surface area contributed by atoms with Crippen molar-refractivity contribution < 1.29 is 14.7 Å². The third kappa shape index (κ3) is 5.56. The third-order valence-electron chi connectivity index (χ3n) is 4.58. The van der Waals surface area contributed by atoms with Crippen molar-refractivity contribution in [2.24, 2.45) is 0 Å². The van der Waals surface area contributed by atoms with E-state index in [9.17, 15) is 14.7 Å². The molecule has 2 aromatic rings. The summed E-state index contributed by atoms with van der Waals surface area (Å²) in [6, 6.07) is 14.9. The van der Waals surface area contributed by atoms with E-state index in [0.717, 1.165) is 11.1 Å². The van der Waals surface area contributed by atoms with Crippen molar-refractivity contribution in [1.29, 1.82) is 0 Å². The maximum Gasteiger partial charge on any atom is 0.352 e. The van der Waals surface area contributed by atoms with Gasteiger partial charge in [0.1, 0.15) is 5.70 Å². The lowest BCUT2D eigenvalue weighted by atomic mass is 9.86. The SMILES string of the molecule is CC(C)(C)c1ccc(/C=C(/NC(=O)c2ccc(C(C)(C)C)cc2)C(=O)O)cc1. The Labute approximate surface area is 167 Å². The number of hydrogen-bond acceptors (Lipinski definition) is 2. The van der Waals surface area contributed by atoms with Crippen molar-refractivity contribution in [3.63, 3.8) is 0 Å². The van der Waals surface area contributed by atoms with Crippen molar-refractivity contribution in [3.8, 4) is 0 Å². The highest BCUT2D eigenvalue weighted by molar-refractivity contribution is 6.02. The summed E-state index contributed by atoms with van der Waals surface area (Å²) in [5.41, 5.74) is 3.25. The minimum atomic E-state index is -1.18. The number of amides is 1. The minimum absolute atomic E-state index is 0.0135. The van der Waals surface area contributed by atoms with Crippen LogP contribution in [0.1, 0.15) is 68.6 Å². The molecular formula is C24H29NO3. The molecule has 2 rings (SSSR count). The van der Waals surface area contributed by atoms with Crippen LogP contribution < -0.4 is 5.32 Å². The van der Waals surface area contributed by atoms with E-state index < -0.39 is 11.9 Å². The Morgan fingerprint density at radius 1 is 0.786 bits per heavy atom. The van der Waals surface area contributed by atoms with Crippen LogP contribution in [0.4, 0.5) is 0 Å². The van der Waals surface area contributed by atoms with Crippen LogP contribution in [-0.2, 0) is 15.6 Å². The van der Waals surface area contributed by atoms with Gasteiger partial charge in [-0.25, -0.2) is 4.79 Å². The lowest BCUT2D eigenvalue weighted by molar-refractivity contribution is -0.132. The first-order valence-electron chi connectivity index (χ1n) is 9.35. The highest BCUT2D eigenvalue weighted by Crippen LogP contribution is 2.23. The van der Waals surface area contributed by atoms with Crippen LogP contribution in [0.2, 0.25) is 0 Å². The molecule has 0 aliphatic heterocycles. The van der Waals surface area contributed by atoms with Gasteiger partial charge in [0.05, 0.1) is 0 Å². The van der Waals surface area contributed by atoms with Crippen molar-refractivity contribution in [3.05, 3.63) is 76.5 Å². The molecule has 0 aromatic heterocycles. The first kappa shape index (κ1) is 21.4. The van der Waals surface area contributed by atoms with Crippen molar-refractivity contribution in [1.82, 2.24) is 5.32 Å². The van der Waals surface area contributed by atoms with E-state index in [0.29, 0.717) is 11.1 Å². The van der Waals surface area contributed by atoms with Gasteiger partial charge in [0.2, 0.25) is 0 Å². The minimum Gasteiger partial charge on any atom is -0.477 e. The topological polar surface area (TPSA) is 66.4 Å². The van der Waals surface area contributed by atoms with Gasteiger partial charge in [-0.15, -0.1) is 0 Å². The summed E-state index contributed by atoms with van der Waals surface area (Å²) in [7, 11) is 0. The second kappa shape index (κ2) is 8.01. The lowest BCUT2D eigenvalue weighted by Gasteiger charge is -2.19. The highest BCUT2D eigenvalue weighted by Gasteiger charge is 2.17. The molecule has 0 spiro atoms. The zero-order valence-corrected chi connectivity index (χ0v) is 17.5. The van der Waals surface area contributed by atoms with E-state index in [1.54, 1.807) is 12.1 Å². The Morgan fingerprint density at radius 3 is 1.61 bits per heavy atom. The molecule has 1 amide bonds. The maximum atomic E-state index is 12.5. The Hall–Kier alpha value is -2.88. The summed E-state index contributed by atoms with van der Waals surface area (Å²) in [6.45, 7) is 12.6. The van der Waals surface area contributed by atoms with E-state index >= 15 is 0 Å². The van der Waals surface area contributed by atoms with Gasteiger partial charge in [-0.2, -0.15) is 0 Å². The monoisotopic (exact) mass is 379 g/mol. The average molecular weight is 380 g/mol. The number of nitrogens with one attached hydrogen (secondary N) is 1. The van der Waals surface area contributed by atoms with E-state index in [4.69, 9.17) is 0 Å². The van der Waals surface area contributed by atoms with Crippen LogP contribution in [-0.4, -0.2) is 17.0 Å². The summed E-state index contributed by atoms with van der Waals surface area (Å²) in [4.78, 5) is 24.1. The fraction of sp³-hybridized carbons (Fsp3) is 0.333. The summed E-state index contributed by atoms with van der Waals surface area (Å²) in [6.07, 6.45) is 1.47. The average Bonchev–Trinajstić information content (AvgIpc) is 2.60. The van der Waals surface area contributed by atoms with Gasteiger partial charge < -0.3 is 10.4 Å². The molecule has 0 heterocycles. The fourth-order valence-electron chi connectivity index (χ4n) is 2.71.